The lowest BCUT2D eigenvalue weighted by molar-refractivity contribution is -0.0306. The molecule has 0 N–H and O–H groups in total. The van der Waals surface area contributed by atoms with Gasteiger partial charge in [-0.25, -0.2) is 0 Å². The second-order valence-corrected chi connectivity index (χ2v) is 4.95. The summed E-state index contributed by atoms with van der Waals surface area (Å²) in [5.41, 5.74) is 0. The molecule has 0 aromatic rings. The van der Waals surface area contributed by atoms with Crippen LogP contribution in [0.25, 0.3) is 0 Å². The fourth-order valence-corrected chi connectivity index (χ4v) is 1.96. The fourth-order valence-electron chi connectivity index (χ4n) is 1.96. The summed E-state index contributed by atoms with van der Waals surface area (Å²) in [6, 6.07) is 0. The molecule has 0 aliphatic rings. The molecule has 0 amide bonds. The van der Waals surface area contributed by atoms with Crippen LogP contribution in [0.4, 0.5) is 0 Å². The number of ether oxygens (including phenoxy) is 2. The van der Waals surface area contributed by atoms with Crippen LogP contribution in [-0.2, 0) is 9.47 Å². The maximum Gasteiger partial charge on any atom is 0.147 e. The van der Waals surface area contributed by atoms with Crippen LogP contribution >= 0.6 is 0 Å². The van der Waals surface area contributed by atoms with Crippen LogP contribution in [0.1, 0.15) is 84.5 Å². The van der Waals surface area contributed by atoms with E-state index in [1.165, 1.54) is 64.2 Å². The van der Waals surface area contributed by atoms with Gasteiger partial charge in [0.25, 0.3) is 0 Å². The highest BCUT2D eigenvalue weighted by molar-refractivity contribution is 4.47. The molecule has 0 heterocycles. The van der Waals surface area contributed by atoms with Gasteiger partial charge in [-0.2, -0.15) is 0 Å². The molecule has 0 aliphatic carbocycles. The molecule has 0 aromatic carbocycles. The smallest absolute Gasteiger partial charge is 0.147 e. The van der Waals surface area contributed by atoms with Gasteiger partial charge in [0.05, 0.1) is 6.61 Å². The first kappa shape index (κ1) is 17.9. The predicted octanol–water partition coefficient (Wildman–Crippen LogP) is 5.47. The summed E-state index contributed by atoms with van der Waals surface area (Å²) >= 11 is 0. The van der Waals surface area contributed by atoms with Crippen LogP contribution < -0.4 is 0 Å². The molecule has 0 aliphatic heterocycles. The van der Waals surface area contributed by atoms with Gasteiger partial charge in [0.15, 0.2) is 0 Å². The lowest BCUT2D eigenvalue weighted by atomic mass is 10.1. The minimum Gasteiger partial charge on any atom is -0.355 e. The highest BCUT2D eigenvalue weighted by atomic mass is 16.7. The van der Waals surface area contributed by atoms with E-state index in [0.29, 0.717) is 6.79 Å². The lowest BCUT2D eigenvalue weighted by Crippen LogP contribution is -1.99. The quantitative estimate of drug-likeness (QED) is 0.286. The number of rotatable bonds is 15. The summed E-state index contributed by atoms with van der Waals surface area (Å²) in [5, 5.41) is 0. The second-order valence-electron chi connectivity index (χ2n) is 4.95. The zero-order valence-corrected chi connectivity index (χ0v) is 12.6. The van der Waals surface area contributed by atoms with Crippen molar-refractivity contribution >= 4 is 0 Å². The molecule has 0 fully saturated rings. The van der Waals surface area contributed by atoms with Gasteiger partial charge in [0, 0.05) is 6.61 Å². The van der Waals surface area contributed by atoms with Crippen LogP contribution in [-0.4, -0.2) is 13.4 Å². The Bertz CT molecular complexity index is 121. The van der Waals surface area contributed by atoms with Crippen LogP contribution in [0, 0.1) is 6.61 Å². The van der Waals surface area contributed by atoms with Gasteiger partial charge in [0.2, 0.25) is 0 Å². The molecule has 0 rings (SSSR count). The zero-order valence-electron chi connectivity index (χ0n) is 12.6. The zero-order chi connectivity index (χ0) is 13.3. The van der Waals surface area contributed by atoms with Crippen molar-refractivity contribution in [3.8, 4) is 0 Å². The van der Waals surface area contributed by atoms with Crippen LogP contribution in [0.5, 0.6) is 0 Å². The molecule has 2 nitrogen and oxygen atoms in total. The third kappa shape index (κ3) is 15.9. The van der Waals surface area contributed by atoms with Crippen molar-refractivity contribution in [2.75, 3.05) is 13.4 Å². The average Bonchev–Trinajstić information content (AvgIpc) is 2.39. The van der Waals surface area contributed by atoms with E-state index in [0.717, 1.165) is 13.0 Å². The molecule has 2 heteroatoms. The second kappa shape index (κ2) is 16.9. The van der Waals surface area contributed by atoms with Crippen molar-refractivity contribution in [3.63, 3.8) is 0 Å². The largest absolute Gasteiger partial charge is 0.355 e. The van der Waals surface area contributed by atoms with Gasteiger partial charge in [-0.1, -0.05) is 71.6 Å². The van der Waals surface area contributed by atoms with Gasteiger partial charge in [-0.05, 0) is 12.8 Å². The van der Waals surface area contributed by atoms with Crippen molar-refractivity contribution in [3.05, 3.63) is 6.61 Å². The van der Waals surface area contributed by atoms with E-state index >= 15 is 0 Å². The fraction of sp³-hybridized carbons (Fsp3) is 0.938. The molecule has 109 valence electrons. The summed E-state index contributed by atoms with van der Waals surface area (Å²) in [6.45, 7) is 7.38. The van der Waals surface area contributed by atoms with Gasteiger partial charge in [-0.15, -0.1) is 0 Å². The third-order valence-electron chi connectivity index (χ3n) is 3.08. The SMILES string of the molecule is CC[CH]OCOCCCCCCCCCCCC. The Hall–Kier alpha value is -0.0800. The van der Waals surface area contributed by atoms with E-state index in [9.17, 15) is 0 Å². The van der Waals surface area contributed by atoms with Crippen molar-refractivity contribution in [2.24, 2.45) is 0 Å². The molecule has 0 aromatic heterocycles. The summed E-state index contributed by atoms with van der Waals surface area (Å²) < 4.78 is 10.5. The molecule has 0 saturated carbocycles. The van der Waals surface area contributed by atoms with Crippen LogP contribution in [0.15, 0.2) is 0 Å². The van der Waals surface area contributed by atoms with Gasteiger partial charge in [-0.3, -0.25) is 0 Å². The van der Waals surface area contributed by atoms with Gasteiger partial charge < -0.3 is 9.47 Å². The molecule has 1 radical (unpaired) electrons. The van der Waals surface area contributed by atoms with Gasteiger partial charge in [0.1, 0.15) is 6.79 Å². The van der Waals surface area contributed by atoms with Gasteiger partial charge >= 0.3 is 0 Å². The van der Waals surface area contributed by atoms with E-state index in [4.69, 9.17) is 9.47 Å². The first-order valence-electron chi connectivity index (χ1n) is 7.92. The Labute approximate surface area is 114 Å². The Morgan fingerprint density at radius 3 is 1.83 bits per heavy atom. The Morgan fingerprint density at radius 2 is 1.28 bits per heavy atom. The lowest BCUT2D eigenvalue weighted by Gasteiger charge is -2.04. The molecular weight excluding hydrogens is 224 g/mol. The van der Waals surface area contributed by atoms with Crippen molar-refractivity contribution in [1.29, 1.82) is 0 Å². The Kier molecular flexibility index (Phi) is 16.8. The molecule has 18 heavy (non-hydrogen) atoms. The maximum atomic E-state index is 5.35. The predicted molar refractivity (Wildman–Crippen MR) is 78.3 cm³/mol. The minimum atomic E-state index is 0.422. The summed E-state index contributed by atoms with van der Waals surface area (Å²) in [6.07, 6.45) is 14.6. The van der Waals surface area contributed by atoms with Crippen LogP contribution in [0.3, 0.4) is 0 Å². The summed E-state index contributed by atoms with van der Waals surface area (Å²) in [7, 11) is 0. The molecule has 0 atom stereocenters. The Morgan fingerprint density at radius 1 is 0.722 bits per heavy atom. The number of unbranched alkanes of at least 4 members (excludes halogenated alkanes) is 9. The molecule has 0 saturated heterocycles. The summed E-state index contributed by atoms with van der Waals surface area (Å²) in [5.74, 6) is 0. The molecule has 0 unspecified atom stereocenters. The van der Waals surface area contributed by atoms with Crippen LogP contribution in [0.2, 0.25) is 0 Å². The molecular formula is C16H33O2. The van der Waals surface area contributed by atoms with E-state index in [-0.39, 0.29) is 0 Å². The summed E-state index contributed by atoms with van der Waals surface area (Å²) in [4.78, 5) is 0. The first-order chi connectivity index (χ1) is 8.91. The average molecular weight is 257 g/mol. The topological polar surface area (TPSA) is 18.5 Å². The van der Waals surface area contributed by atoms with Crippen molar-refractivity contribution in [2.45, 2.75) is 84.5 Å². The first-order valence-corrected chi connectivity index (χ1v) is 7.92. The van der Waals surface area contributed by atoms with E-state index in [2.05, 4.69) is 13.8 Å². The number of hydrogen-bond donors (Lipinski definition) is 0. The molecule has 0 spiro atoms. The van der Waals surface area contributed by atoms with E-state index in [1.54, 1.807) is 6.61 Å². The van der Waals surface area contributed by atoms with E-state index in [1.807, 2.05) is 0 Å². The standard InChI is InChI=1S/C16H33O2/c1-3-5-6-7-8-9-10-11-12-13-15-18-16-17-14-4-2/h14H,3-13,15-16H2,1-2H3. The normalized spacial score (nSPS) is 11.0. The maximum absolute atomic E-state index is 5.35. The Balaban J connectivity index is 2.86. The monoisotopic (exact) mass is 257 g/mol. The van der Waals surface area contributed by atoms with E-state index < -0.39 is 0 Å². The van der Waals surface area contributed by atoms with Crippen molar-refractivity contribution in [1.82, 2.24) is 0 Å². The van der Waals surface area contributed by atoms with Crippen molar-refractivity contribution < 1.29 is 9.47 Å². The number of hydrogen-bond acceptors (Lipinski definition) is 2. The highest BCUT2D eigenvalue weighted by Gasteiger charge is 1.93. The molecule has 0 bridgehead atoms. The highest BCUT2D eigenvalue weighted by Crippen LogP contribution is 2.10. The minimum absolute atomic E-state index is 0.422. The third-order valence-corrected chi connectivity index (χ3v) is 3.08.